The predicted octanol–water partition coefficient (Wildman–Crippen LogP) is 3.06. The fourth-order valence-electron chi connectivity index (χ4n) is 3.73. The molecule has 27 heavy (non-hydrogen) atoms. The quantitative estimate of drug-likeness (QED) is 0.548. The summed E-state index contributed by atoms with van der Waals surface area (Å²) in [5.74, 6) is 2.68. The summed E-state index contributed by atoms with van der Waals surface area (Å²) >= 11 is 0. The van der Waals surface area contributed by atoms with E-state index < -0.39 is 0 Å². The number of aromatic nitrogens is 3. The number of guanidine groups is 1. The zero-order chi connectivity index (χ0) is 19.1. The van der Waals surface area contributed by atoms with E-state index in [9.17, 15) is 0 Å². The molecule has 0 aliphatic heterocycles. The van der Waals surface area contributed by atoms with Gasteiger partial charge in [-0.2, -0.15) is 4.98 Å². The number of nitrogens with one attached hydrogen (secondary N) is 2. The Morgan fingerprint density at radius 3 is 2.78 bits per heavy atom. The largest absolute Gasteiger partial charge is 0.356 e. The van der Waals surface area contributed by atoms with Gasteiger partial charge in [-0.3, -0.25) is 9.98 Å². The van der Waals surface area contributed by atoms with Crippen molar-refractivity contribution in [2.24, 2.45) is 16.3 Å². The van der Waals surface area contributed by atoms with Gasteiger partial charge < -0.3 is 15.2 Å². The van der Waals surface area contributed by atoms with Crippen molar-refractivity contribution >= 4 is 5.96 Å². The third-order valence-corrected chi connectivity index (χ3v) is 5.10. The molecule has 1 aliphatic carbocycles. The van der Waals surface area contributed by atoms with Crippen LogP contribution in [0.1, 0.15) is 45.4 Å². The average Bonchev–Trinajstić information content (AvgIpc) is 3.11. The van der Waals surface area contributed by atoms with Crippen molar-refractivity contribution in [2.75, 3.05) is 20.1 Å². The minimum atomic E-state index is 0.442. The Bertz CT molecular complexity index is 736. The van der Waals surface area contributed by atoms with Crippen molar-refractivity contribution in [1.29, 1.82) is 0 Å². The molecule has 1 saturated carbocycles. The summed E-state index contributed by atoms with van der Waals surface area (Å²) in [6, 6.07) is 5.62. The second kappa shape index (κ2) is 8.97. The van der Waals surface area contributed by atoms with Crippen molar-refractivity contribution in [3.63, 3.8) is 0 Å². The standard InChI is InChI=1S/C20H30N6O/c1-15(2)13-20(9-6-10-20)14-24-19(21-3)23-12-8-17-25-18(27-26-17)16-7-4-5-11-22-16/h4-5,7,11,15H,6,8-10,12-14H2,1-3H3,(H2,21,23,24). The lowest BCUT2D eigenvalue weighted by atomic mass is 9.64. The Balaban J connectivity index is 1.44. The molecule has 1 fully saturated rings. The van der Waals surface area contributed by atoms with Crippen LogP contribution < -0.4 is 10.6 Å². The molecule has 0 unspecified atom stereocenters. The van der Waals surface area contributed by atoms with Crippen LogP contribution in [0.2, 0.25) is 0 Å². The summed E-state index contributed by atoms with van der Waals surface area (Å²) in [6.07, 6.45) is 7.62. The second-order valence-corrected chi connectivity index (χ2v) is 7.78. The van der Waals surface area contributed by atoms with Crippen LogP contribution in [0.3, 0.4) is 0 Å². The Morgan fingerprint density at radius 2 is 2.15 bits per heavy atom. The van der Waals surface area contributed by atoms with Gasteiger partial charge in [0.15, 0.2) is 11.8 Å². The van der Waals surface area contributed by atoms with E-state index in [-0.39, 0.29) is 0 Å². The van der Waals surface area contributed by atoms with Crippen LogP contribution in [0.25, 0.3) is 11.6 Å². The van der Waals surface area contributed by atoms with Crippen LogP contribution in [-0.2, 0) is 6.42 Å². The van der Waals surface area contributed by atoms with Crippen LogP contribution in [-0.4, -0.2) is 41.2 Å². The van der Waals surface area contributed by atoms with Crippen molar-refractivity contribution in [1.82, 2.24) is 25.8 Å². The normalized spacial score (nSPS) is 16.2. The lowest BCUT2D eigenvalue weighted by Gasteiger charge is -2.43. The van der Waals surface area contributed by atoms with Gasteiger partial charge in [-0.15, -0.1) is 0 Å². The van der Waals surface area contributed by atoms with Crippen molar-refractivity contribution in [3.05, 3.63) is 30.2 Å². The van der Waals surface area contributed by atoms with Gasteiger partial charge in [0.1, 0.15) is 5.69 Å². The molecule has 7 nitrogen and oxygen atoms in total. The van der Waals surface area contributed by atoms with E-state index in [1.165, 1.54) is 25.7 Å². The fraction of sp³-hybridized carbons (Fsp3) is 0.600. The molecule has 2 aromatic rings. The summed E-state index contributed by atoms with van der Waals surface area (Å²) in [4.78, 5) is 13.0. The minimum absolute atomic E-state index is 0.442. The minimum Gasteiger partial charge on any atom is -0.356 e. The van der Waals surface area contributed by atoms with E-state index >= 15 is 0 Å². The van der Waals surface area contributed by atoms with Crippen LogP contribution >= 0.6 is 0 Å². The van der Waals surface area contributed by atoms with Gasteiger partial charge in [-0.05, 0) is 42.7 Å². The van der Waals surface area contributed by atoms with E-state index in [1.54, 1.807) is 13.2 Å². The molecule has 2 N–H and O–H groups in total. The molecule has 0 aromatic carbocycles. The first-order chi connectivity index (χ1) is 13.1. The number of hydrogen-bond donors (Lipinski definition) is 2. The first-order valence-corrected chi connectivity index (χ1v) is 9.79. The summed E-state index contributed by atoms with van der Waals surface area (Å²) in [6.45, 7) is 6.28. The molecule has 146 valence electrons. The van der Waals surface area contributed by atoms with Gasteiger partial charge in [0.25, 0.3) is 5.89 Å². The molecular weight excluding hydrogens is 340 g/mol. The van der Waals surface area contributed by atoms with Crippen LogP contribution in [0.4, 0.5) is 0 Å². The fourth-order valence-corrected chi connectivity index (χ4v) is 3.73. The first-order valence-electron chi connectivity index (χ1n) is 9.79. The van der Waals surface area contributed by atoms with Gasteiger partial charge >= 0.3 is 0 Å². The van der Waals surface area contributed by atoms with Crippen LogP contribution in [0.15, 0.2) is 33.9 Å². The van der Waals surface area contributed by atoms with E-state index in [4.69, 9.17) is 4.52 Å². The summed E-state index contributed by atoms with van der Waals surface area (Å²) < 4.78 is 5.29. The second-order valence-electron chi connectivity index (χ2n) is 7.78. The molecule has 0 saturated heterocycles. The highest BCUT2D eigenvalue weighted by Crippen LogP contribution is 2.45. The molecule has 2 heterocycles. The molecule has 3 rings (SSSR count). The van der Waals surface area contributed by atoms with Gasteiger partial charge in [-0.1, -0.05) is 31.5 Å². The summed E-state index contributed by atoms with van der Waals surface area (Å²) in [7, 11) is 1.80. The van der Waals surface area contributed by atoms with E-state index in [1.807, 2.05) is 18.2 Å². The molecule has 0 amide bonds. The predicted molar refractivity (Wildman–Crippen MR) is 106 cm³/mol. The molecule has 1 aliphatic rings. The Kier molecular flexibility index (Phi) is 6.42. The van der Waals surface area contributed by atoms with Gasteiger partial charge in [0.05, 0.1) is 0 Å². The van der Waals surface area contributed by atoms with Crippen molar-refractivity contribution < 1.29 is 4.52 Å². The number of nitrogens with zero attached hydrogens (tertiary/aromatic N) is 4. The van der Waals surface area contributed by atoms with Gasteiger partial charge in [0.2, 0.25) is 0 Å². The van der Waals surface area contributed by atoms with E-state index in [0.717, 1.165) is 18.4 Å². The molecule has 0 radical (unpaired) electrons. The maximum atomic E-state index is 5.29. The SMILES string of the molecule is CN=C(NCCc1noc(-c2ccccn2)n1)NCC1(CC(C)C)CCC1. The third kappa shape index (κ3) is 5.28. The number of hydrogen-bond acceptors (Lipinski definition) is 5. The van der Waals surface area contributed by atoms with Gasteiger partial charge in [0, 0.05) is 32.8 Å². The van der Waals surface area contributed by atoms with Crippen molar-refractivity contribution in [2.45, 2.75) is 46.0 Å². The molecular formula is C20H30N6O. The van der Waals surface area contributed by atoms with E-state index in [2.05, 4.69) is 44.6 Å². The topological polar surface area (TPSA) is 88.2 Å². The lowest BCUT2D eigenvalue weighted by Crippen LogP contribution is -2.47. The molecule has 7 heteroatoms. The Hall–Kier alpha value is -2.44. The molecule has 0 spiro atoms. The van der Waals surface area contributed by atoms with Gasteiger partial charge in [-0.25, -0.2) is 0 Å². The maximum absolute atomic E-state index is 5.29. The lowest BCUT2D eigenvalue weighted by molar-refractivity contribution is 0.104. The zero-order valence-corrected chi connectivity index (χ0v) is 16.5. The Labute approximate surface area is 161 Å². The number of pyridine rings is 1. The summed E-state index contributed by atoms with van der Waals surface area (Å²) in [5, 5.41) is 10.9. The zero-order valence-electron chi connectivity index (χ0n) is 16.5. The highest BCUT2D eigenvalue weighted by atomic mass is 16.5. The average molecular weight is 371 g/mol. The number of aliphatic imine (C=N–C) groups is 1. The molecule has 0 atom stereocenters. The monoisotopic (exact) mass is 370 g/mol. The van der Waals surface area contributed by atoms with E-state index in [0.29, 0.717) is 35.8 Å². The third-order valence-electron chi connectivity index (χ3n) is 5.10. The highest BCUT2D eigenvalue weighted by Gasteiger charge is 2.37. The van der Waals surface area contributed by atoms with Crippen LogP contribution in [0, 0.1) is 11.3 Å². The maximum Gasteiger partial charge on any atom is 0.276 e. The summed E-state index contributed by atoms with van der Waals surface area (Å²) in [5.41, 5.74) is 1.13. The smallest absolute Gasteiger partial charge is 0.276 e. The molecule has 2 aromatic heterocycles. The Morgan fingerprint density at radius 1 is 1.30 bits per heavy atom. The first kappa shape index (κ1) is 19.3. The molecule has 0 bridgehead atoms. The van der Waals surface area contributed by atoms with Crippen LogP contribution in [0.5, 0.6) is 0 Å². The number of rotatable bonds is 8. The highest BCUT2D eigenvalue weighted by molar-refractivity contribution is 5.79. The van der Waals surface area contributed by atoms with Crippen molar-refractivity contribution in [3.8, 4) is 11.6 Å².